The van der Waals surface area contributed by atoms with Crippen LogP contribution in [0, 0.1) is 0 Å². The molecule has 0 bridgehead atoms. The van der Waals surface area contributed by atoms with Gasteiger partial charge in [-0.15, -0.1) is 11.3 Å². The zero-order valence-electron chi connectivity index (χ0n) is 25.2. The summed E-state index contributed by atoms with van der Waals surface area (Å²) in [4.78, 5) is 5.04. The molecule has 0 saturated carbocycles. The van der Waals surface area contributed by atoms with Gasteiger partial charge in [0.15, 0.2) is 0 Å². The Hall–Kier alpha value is -5.06. The molecule has 0 fully saturated rings. The summed E-state index contributed by atoms with van der Waals surface area (Å²) in [5.74, 6) is 0. The summed E-state index contributed by atoms with van der Waals surface area (Å²) in [7, 11) is 0. The van der Waals surface area contributed by atoms with Crippen LogP contribution in [-0.4, -0.2) is 6.71 Å². The van der Waals surface area contributed by atoms with Gasteiger partial charge in [-0.1, -0.05) is 104 Å². The quantitative estimate of drug-likeness (QED) is 0.184. The first-order valence-electron chi connectivity index (χ1n) is 15.7. The van der Waals surface area contributed by atoms with E-state index in [9.17, 15) is 0 Å². The standard InChI is InChI=1S/C41H29BN2S/c1-41(2)37-29(24-25-35-36(37)28-18-9-12-23-34(28)45-35)39-40(41)42-30-19-10-11-20-31(30)43(26-14-5-3-6-15-26)32-21-13-22-33(38(32)42)44(39)27-16-7-4-8-17-27/h3-25H,1-2H3. The maximum atomic E-state index is 2.57. The number of nitrogens with zero attached hydrogens (tertiary/aromatic N) is 2. The molecule has 6 aromatic carbocycles. The molecule has 3 heterocycles. The third-order valence-corrected chi connectivity index (χ3v) is 11.3. The highest BCUT2D eigenvalue weighted by Gasteiger charge is 2.53. The van der Waals surface area contributed by atoms with E-state index in [0.717, 1.165) is 0 Å². The third kappa shape index (κ3) is 3.25. The Labute approximate surface area is 267 Å². The summed E-state index contributed by atoms with van der Waals surface area (Å²) >= 11 is 1.91. The molecule has 45 heavy (non-hydrogen) atoms. The minimum Gasteiger partial charge on any atom is -0.311 e. The first-order chi connectivity index (χ1) is 22.1. The van der Waals surface area contributed by atoms with Crippen molar-refractivity contribution in [2.45, 2.75) is 19.3 Å². The molecule has 10 rings (SSSR count). The lowest BCUT2D eigenvalue weighted by molar-refractivity contribution is 0.672. The molecular formula is C41H29BN2S. The molecule has 4 heteroatoms. The van der Waals surface area contributed by atoms with Gasteiger partial charge in [0.1, 0.15) is 0 Å². The zero-order chi connectivity index (χ0) is 29.9. The molecule has 7 aromatic rings. The molecule has 0 amide bonds. The number of para-hydroxylation sites is 3. The normalized spacial score (nSPS) is 15.7. The lowest BCUT2D eigenvalue weighted by atomic mass is 9.30. The molecule has 0 spiro atoms. The number of thiophene rings is 1. The van der Waals surface area contributed by atoms with E-state index in [4.69, 9.17) is 0 Å². The van der Waals surface area contributed by atoms with Crippen molar-refractivity contribution in [3.63, 3.8) is 0 Å². The molecule has 0 N–H and O–H groups in total. The molecule has 2 aliphatic heterocycles. The fourth-order valence-corrected chi connectivity index (χ4v) is 9.66. The van der Waals surface area contributed by atoms with Gasteiger partial charge in [-0.25, -0.2) is 0 Å². The van der Waals surface area contributed by atoms with Gasteiger partial charge in [0.05, 0.1) is 0 Å². The summed E-state index contributed by atoms with van der Waals surface area (Å²) in [5, 5.41) is 2.78. The summed E-state index contributed by atoms with van der Waals surface area (Å²) < 4.78 is 2.72. The molecule has 3 aliphatic rings. The SMILES string of the molecule is CC1(C)C2=C(c3ccc4sc5ccccc5c4c31)N(c1ccccc1)c1cccc3c1B2c1ccccc1N3c1ccccc1. The smallest absolute Gasteiger partial charge is 0.248 e. The van der Waals surface area contributed by atoms with Crippen molar-refractivity contribution in [2.75, 3.05) is 9.80 Å². The van der Waals surface area contributed by atoms with E-state index in [1.54, 1.807) is 0 Å². The second-order valence-electron chi connectivity index (χ2n) is 12.9. The Morgan fingerprint density at radius 2 is 1.18 bits per heavy atom. The van der Waals surface area contributed by atoms with E-state index < -0.39 is 0 Å². The van der Waals surface area contributed by atoms with E-state index in [0.29, 0.717) is 0 Å². The van der Waals surface area contributed by atoms with Gasteiger partial charge in [0.25, 0.3) is 0 Å². The highest BCUT2D eigenvalue weighted by Crippen LogP contribution is 2.58. The third-order valence-electron chi connectivity index (χ3n) is 10.2. The highest BCUT2D eigenvalue weighted by molar-refractivity contribution is 7.25. The van der Waals surface area contributed by atoms with Crippen LogP contribution in [0.5, 0.6) is 0 Å². The van der Waals surface area contributed by atoms with Crippen LogP contribution in [0.2, 0.25) is 0 Å². The van der Waals surface area contributed by atoms with Gasteiger partial charge in [0.2, 0.25) is 6.71 Å². The van der Waals surface area contributed by atoms with Crippen LogP contribution in [0.3, 0.4) is 0 Å². The maximum Gasteiger partial charge on any atom is 0.248 e. The minimum absolute atomic E-state index is 0.129. The summed E-state index contributed by atoms with van der Waals surface area (Å²) in [6.45, 7) is 5.08. The van der Waals surface area contributed by atoms with E-state index in [-0.39, 0.29) is 12.1 Å². The van der Waals surface area contributed by atoms with Gasteiger partial charge in [0, 0.05) is 65.3 Å². The minimum atomic E-state index is -0.210. The van der Waals surface area contributed by atoms with E-state index in [1.807, 2.05) is 11.3 Å². The van der Waals surface area contributed by atoms with Crippen LogP contribution in [0.4, 0.5) is 28.4 Å². The van der Waals surface area contributed by atoms with E-state index in [2.05, 4.69) is 163 Å². The van der Waals surface area contributed by atoms with Crippen molar-refractivity contribution < 1.29 is 0 Å². The molecule has 1 aromatic heterocycles. The lowest BCUT2D eigenvalue weighted by Crippen LogP contribution is -2.57. The van der Waals surface area contributed by atoms with E-state index in [1.165, 1.54) is 81.8 Å². The largest absolute Gasteiger partial charge is 0.311 e. The zero-order valence-corrected chi connectivity index (χ0v) is 26.0. The van der Waals surface area contributed by atoms with Crippen LogP contribution >= 0.6 is 11.3 Å². The second-order valence-corrected chi connectivity index (χ2v) is 14.0. The lowest BCUT2D eigenvalue weighted by Gasteiger charge is -2.45. The maximum absolute atomic E-state index is 2.57. The Bertz CT molecular complexity index is 2370. The predicted molar refractivity (Wildman–Crippen MR) is 194 cm³/mol. The fraction of sp³-hybridized carbons (Fsp3) is 0.0732. The van der Waals surface area contributed by atoms with Gasteiger partial charge in [-0.05, 0) is 71.1 Å². The first kappa shape index (κ1) is 25.3. The van der Waals surface area contributed by atoms with Gasteiger partial charge in [-0.2, -0.15) is 0 Å². The molecule has 0 radical (unpaired) electrons. The Morgan fingerprint density at radius 3 is 1.96 bits per heavy atom. The number of benzene rings is 6. The molecular weight excluding hydrogens is 563 g/mol. The van der Waals surface area contributed by atoms with Gasteiger partial charge >= 0.3 is 0 Å². The average Bonchev–Trinajstić information content (AvgIpc) is 3.57. The monoisotopic (exact) mass is 592 g/mol. The van der Waals surface area contributed by atoms with E-state index >= 15 is 0 Å². The number of rotatable bonds is 2. The van der Waals surface area contributed by atoms with Crippen LogP contribution in [0.15, 0.2) is 145 Å². The fourth-order valence-electron chi connectivity index (χ4n) is 8.55. The molecule has 212 valence electrons. The predicted octanol–water partition coefficient (Wildman–Crippen LogP) is 9.84. The first-order valence-corrected chi connectivity index (χ1v) is 16.6. The number of hydrogen-bond donors (Lipinski definition) is 0. The van der Waals surface area contributed by atoms with Crippen molar-refractivity contribution in [3.8, 4) is 0 Å². The molecule has 2 nitrogen and oxygen atoms in total. The average molecular weight is 593 g/mol. The summed E-state index contributed by atoms with van der Waals surface area (Å²) in [6.07, 6.45) is 0. The van der Waals surface area contributed by atoms with Crippen LogP contribution in [-0.2, 0) is 5.41 Å². The summed E-state index contributed by atoms with van der Waals surface area (Å²) in [6, 6.07) is 51.5. The highest BCUT2D eigenvalue weighted by atomic mass is 32.1. The topological polar surface area (TPSA) is 6.48 Å². The van der Waals surface area contributed by atoms with Crippen LogP contribution in [0.25, 0.3) is 25.9 Å². The Kier molecular flexibility index (Phi) is 5.06. The summed E-state index contributed by atoms with van der Waals surface area (Å²) in [5.41, 5.74) is 14.3. The van der Waals surface area contributed by atoms with Crippen molar-refractivity contribution in [1.82, 2.24) is 0 Å². The van der Waals surface area contributed by atoms with Gasteiger partial charge < -0.3 is 9.80 Å². The number of fused-ring (bicyclic) bond motifs is 9. The van der Waals surface area contributed by atoms with Crippen molar-refractivity contribution >= 4 is 83.3 Å². The Morgan fingerprint density at radius 1 is 0.556 bits per heavy atom. The van der Waals surface area contributed by atoms with Gasteiger partial charge in [-0.3, -0.25) is 0 Å². The molecule has 0 saturated heterocycles. The van der Waals surface area contributed by atoms with Crippen LogP contribution in [0.1, 0.15) is 25.0 Å². The van der Waals surface area contributed by atoms with Crippen molar-refractivity contribution in [3.05, 3.63) is 156 Å². The number of allylic oxidation sites excluding steroid dienone is 1. The van der Waals surface area contributed by atoms with Crippen molar-refractivity contribution in [1.29, 1.82) is 0 Å². The Balaban J connectivity index is 1.35. The molecule has 0 atom stereocenters. The van der Waals surface area contributed by atoms with Crippen molar-refractivity contribution in [2.24, 2.45) is 0 Å². The number of hydrogen-bond acceptors (Lipinski definition) is 3. The second kappa shape index (κ2) is 9.00. The number of anilines is 5. The molecule has 1 aliphatic carbocycles. The molecule has 0 unspecified atom stereocenters. The van der Waals surface area contributed by atoms with Crippen LogP contribution < -0.4 is 20.7 Å².